The predicted octanol–water partition coefficient (Wildman–Crippen LogP) is 3.62. The van der Waals surface area contributed by atoms with Gasteiger partial charge in [0, 0.05) is 31.7 Å². The number of carbonyl (C=O) groups is 1. The van der Waals surface area contributed by atoms with Crippen molar-refractivity contribution >= 4 is 15.9 Å². The lowest BCUT2D eigenvalue weighted by Gasteiger charge is -2.34. The Labute approximate surface area is 158 Å². The summed E-state index contributed by atoms with van der Waals surface area (Å²) in [6.07, 6.45) is 2.81. The van der Waals surface area contributed by atoms with Crippen molar-refractivity contribution in [2.75, 3.05) is 26.2 Å². The van der Waals surface area contributed by atoms with Crippen LogP contribution in [0, 0.1) is 11.8 Å². The predicted molar refractivity (Wildman–Crippen MR) is 105 cm³/mol. The first kappa shape index (κ1) is 20.9. The first-order valence-corrected chi connectivity index (χ1v) is 11.1. The molecule has 1 aromatic carbocycles. The van der Waals surface area contributed by atoms with Crippen LogP contribution >= 0.6 is 0 Å². The summed E-state index contributed by atoms with van der Waals surface area (Å²) in [5.41, 5.74) is 0.450. The molecule has 1 saturated heterocycles. The lowest BCUT2D eigenvalue weighted by molar-refractivity contribution is 0.0755. The number of nitrogens with zero attached hydrogens (tertiary/aromatic N) is 2. The van der Waals surface area contributed by atoms with Gasteiger partial charge in [0.2, 0.25) is 10.0 Å². The Morgan fingerprint density at radius 3 is 2.23 bits per heavy atom. The average Bonchev–Trinajstić information content (AvgIpc) is 2.60. The van der Waals surface area contributed by atoms with E-state index in [0.717, 1.165) is 19.3 Å². The van der Waals surface area contributed by atoms with Crippen LogP contribution in [-0.2, 0) is 10.0 Å². The van der Waals surface area contributed by atoms with Crippen molar-refractivity contribution in [3.63, 3.8) is 0 Å². The van der Waals surface area contributed by atoms with Gasteiger partial charge in [0.15, 0.2) is 0 Å². The highest BCUT2D eigenvalue weighted by Gasteiger charge is 2.32. The molecule has 2 rings (SSSR count). The van der Waals surface area contributed by atoms with Crippen LogP contribution in [-0.4, -0.2) is 49.7 Å². The van der Waals surface area contributed by atoms with Gasteiger partial charge in [-0.2, -0.15) is 4.31 Å². The van der Waals surface area contributed by atoms with E-state index in [4.69, 9.17) is 0 Å². The summed E-state index contributed by atoms with van der Waals surface area (Å²) in [5, 5.41) is 0. The molecule has 5 nitrogen and oxygen atoms in total. The number of hydrogen-bond donors (Lipinski definition) is 0. The summed E-state index contributed by atoms with van der Waals surface area (Å²) in [6.45, 7) is 10.7. The molecular formula is C20H32N2O3S. The Morgan fingerprint density at radius 2 is 1.69 bits per heavy atom. The molecule has 0 saturated carbocycles. The van der Waals surface area contributed by atoms with Crippen LogP contribution in [0.2, 0.25) is 0 Å². The molecule has 2 atom stereocenters. The molecule has 0 spiro atoms. The topological polar surface area (TPSA) is 57.7 Å². The molecular weight excluding hydrogens is 348 g/mol. The molecule has 6 heteroatoms. The minimum atomic E-state index is -3.57. The van der Waals surface area contributed by atoms with E-state index in [1.54, 1.807) is 33.5 Å². The highest BCUT2D eigenvalue weighted by atomic mass is 32.2. The molecule has 0 radical (unpaired) electrons. The lowest BCUT2D eigenvalue weighted by atomic mass is 9.94. The zero-order valence-corrected chi connectivity index (χ0v) is 17.3. The highest BCUT2D eigenvalue weighted by molar-refractivity contribution is 7.89. The fourth-order valence-electron chi connectivity index (χ4n) is 3.78. The molecule has 0 aromatic heterocycles. The molecule has 0 unspecified atom stereocenters. The summed E-state index contributed by atoms with van der Waals surface area (Å²) in [4.78, 5) is 14.8. The second-order valence-corrected chi connectivity index (χ2v) is 9.53. The molecule has 1 amide bonds. The molecule has 0 aliphatic carbocycles. The molecule has 1 heterocycles. The van der Waals surface area contributed by atoms with Crippen molar-refractivity contribution < 1.29 is 13.2 Å². The van der Waals surface area contributed by atoms with Gasteiger partial charge in [0.1, 0.15) is 0 Å². The zero-order chi connectivity index (χ0) is 19.3. The Kier molecular flexibility index (Phi) is 7.24. The highest BCUT2D eigenvalue weighted by Crippen LogP contribution is 2.27. The smallest absolute Gasteiger partial charge is 0.253 e. The number of hydrogen-bond acceptors (Lipinski definition) is 3. The van der Waals surface area contributed by atoms with Crippen molar-refractivity contribution in [1.82, 2.24) is 9.21 Å². The molecule has 0 bridgehead atoms. The fourth-order valence-corrected chi connectivity index (χ4v) is 5.50. The van der Waals surface area contributed by atoms with E-state index in [0.29, 0.717) is 43.6 Å². The maximum atomic E-state index is 13.1. The van der Waals surface area contributed by atoms with Gasteiger partial charge in [0.05, 0.1) is 4.90 Å². The first-order chi connectivity index (χ1) is 12.3. The molecule has 1 aliphatic heterocycles. The molecule has 26 heavy (non-hydrogen) atoms. The van der Waals surface area contributed by atoms with Crippen molar-refractivity contribution in [3.8, 4) is 0 Å². The second kappa shape index (κ2) is 9.00. The number of benzene rings is 1. The van der Waals surface area contributed by atoms with Crippen LogP contribution in [0.25, 0.3) is 0 Å². The lowest BCUT2D eigenvalue weighted by Crippen LogP contribution is -2.42. The summed E-state index contributed by atoms with van der Waals surface area (Å²) < 4.78 is 27.7. The van der Waals surface area contributed by atoms with Gasteiger partial charge >= 0.3 is 0 Å². The van der Waals surface area contributed by atoms with Gasteiger partial charge in [-0.15, -0.1) is 0 Å². The van der Waals surface area contributed by atoms with E-state index < -0.39 is 10.0 Å². The van der Waals surface area contributed by atoms with Crippen LogP contribution in [0.15, 0.2) is 29.2 Å². The summed E-state index contributed by atoms with van der Waals surface area (Å²) in [6, 6.07) is 6.52. The quantitative estimate of drug-likeness (QED) is 0.726. The summed E-state index contributed by atoms with van der Waals surface area (Å²) in [5.74, 6) is 0.608. The average molecular weight is 381 g/mol. The van der Waals surface area contributed by atoms with Gasteiger partial charge in [-0.25, -0.2) is 8.42 Å². The van der Waals surface area contributed by atoms with Crippen LogP contribution in [0.3, 0.4) is 0 Å². The number of amides is 1. The van der Waals surface area contributed by atoms with Crippen molar-refractivity contribution in [1.29, 1.82) is 0 Å². The van der Waals surface area contributed by atoms with Crippen LogP contribution in [0.4, 0.5) is 0 Å². The van der Waals surface area contributed by atoms with E-state index in [-0.39, 0.29) is 10.8 Å². The van der Waals surface area contributed by atoms with Gasteiger partial charge in [-0.1, -0.05) is 33.8 Å². The van der Waals surface area contributed by atoms with Gasteiger partial charge in [-0.05, 0) is 49.3 Å². The number of sulfonamides is 1. The summed E-state index contributed by atoms with van der Waals surface area (Å²) >= 11 is 0. The van der Waals surface area contributed by atoms with Gasteiger partial charge in [-0.3, -0.25) is 4.79 Å². The maximum Gasteiger partial charge on any atom is 0.253 e. The van der Waals surface area contributed by atoms with E-state index >= 15 is 0 Å². The Morgan fingerprint density at radius 1 is 1.12 bits per heavy atom. The third kappa shape index (κ3) is 4.86. The van der Waals surface area contributed by atoms with Crippen molar-refractivity contribution in [3.05, 3.63) is 29.8 Å². The molecule has 1 aliphatic rings. The van der Waals surface area contributed by atoms with Crippen molar-refractivity contribution in [2.24, 2.45) is 11.8 Å². The van der Waals surface area contributed by atoms with E-state index in [2.05, 4.69) is 13.8 Å². The van der Waals surface area contributed by atoms with E-state index in [9.17, 15) is 13.2 Å². The number of carbonyl (C=O) groups excluding carboxylic acids is 1. The van der Waals surface area contributed by atoms with Gasteiger partial charge < -0.3 is 4.90 Å². The maximum absolute atomic E-state index is 13.1. The first-order valence-electron chi connectivity index (χ1n) is 9.69. The minimum Gasteiger partial charge on any atom is -0.339 e. The Bertz CT molecular complexity index is 702. The molecule has 146 valence electrons. The Balaban J connectivity index is 2.28. The standard InChI is InChI=1S/C20H32N2O3S/c1-5-10-21(11-6-2)20(23)18-8-7-9-19(13-18)26(24,25)22-14-16(3)12-17(4)15-22/h7-9,13,16-17H,5-6,10-12,14-15H2,1-4H3/t16-,17+. The largest absolute Gasteiger partial charge is 0.339 e. The fraction of sp³-hybridized carbons (Fsp3) is 0.650. The minimum absolute atomic E-state index is 0.0915. The second-order valence-electron chi connectivity index (χ2n) is 7.59. The normalized spacial score (nSPS) is 21.5. The van der Waals surface area contributed by atoms with E-state index in [1.807, 2.05) is 13.8 Å². The summed E-state index contributed by atoms with van der Waals surface area (Å²) in [7, 11) is -3.57. The third-order valence-corrected chi connectivity index (χ3v) is 6.66. The molecule has 0 N–H and O–H groups in total. The SMILES string of the molecule is CCCN(CCC)C(=O)c1cccc(S(=O)(=O)N2C[C@H](C)C[C@H](C)C2)c1. The van der Waals surface area contributed by atoms with Crippen LogP contribution < -0.4 is 0 Å². The molecule has 1 fully saturated rings. The van der Waals surface area contributed by atoms with Gasteiger partial charge in [0.25, 0.3) is 5.91 Å². The monoisotopic (exact) mass is 380 g/mol. The number of rotatable bonds is 7. The third-order valence-electron chi connectivity index (χ3n) is 4.83. The zero-order valence-electron chi connectivity index (χ0n) is 16.4. The van der Waals surface area contributed by atoms with Crippen LogP contribution in [0.1, 0.15) is 57.3 Å². The van der Waals surface area contributed by atoms with Crippen LogP contribution in [0.5, 0.6) is 0 Å². The molecule has 1 aromatic rings. The van der Waals surface area contributed by atoms with Crippen molar-refractivity contribution in [2.45, 2.75) is 51.9 Å². The van der Waals surface area contributed by atoms with E-state index in [1.165, 1.54) is 0 Å². The Hall–Kier alpha value is -1.40. The number of piperidine rings is 1.